The molecule has 2 rings (SSSR count). The van der Waals surface area contributed by atoms with Crippen LogP contribution in [0, 0.1) is 17.1 Å². The Kier molecular flexibility index (Phi) is 4.95. The summed E-state index contributed by atoms with van der Waals surface area (Å²) in [6, 6.07) is 3.39. The summed E-state index contributed by atoms with van der Waals surface area (Å²) in [5, 5.41) is 9.04. The molecule has 0 N–H and O–H groups in total. The van der Waals surface area contributed by atoms with Gasteiger partial charge in [0.2, 0.25) is 0 Å². The molecule has 0 fully saturated rings. The molecule has 7 heteroatoms. The number of fused-ring (bicyclic) bond motifs is 1. The molecule has 18 heavy (non-hydrogen) atoms. The van der Waals surface area contributed by atoms with E-state index in [2.05, 4.69) is 0 Å². The minimum atomic E-state index is -0.985. The summed E-state index contributed by atoms with van der Waals surface area (Å²) in [5.74, 6) is -0.0529. The minimum absolute atomic E-state index is 0.0482. The lowest BCUT2D eigenvalue weighted by Gasteiger charge is -2.22. The predicted molar refractivity (Wildman–Crippen MR) is 76.3 cm³/mol. The minimum Gasteiger partial charge on any atom is -0.493 e. The number of nitrogens with zero attached hydrogens (tertiary/aromatic N) is 1. The maximum atomic E-state index is 14.1. The molecular formula is C11H8ClFINO2S. The number of nitriles is 1. The summed E-state index contributed by atoms with van der Waals surface area (Å²) in [5.41, 5.74) is 0.879. The number of hydrogen-bond acceptors (Lipinski definition) is 4. The second-order valence-electron chi connectivity index (χ2n) is 3.68. The number of benzene rings is 1. The van der Waals surface area contributed by atoms with Crippen molar-refractivity contribution < 1.29 is 13.3 Å². The van der Waals surface area contributed by atoms with E-state index in [4.69, 9.17) is 25.8 Å². The highest BCUT2D eigenvalue weighted by atomic mass is 127. The molecule has 0 saturated carbocycles. The Hall–Kier alpha value is -0.230. The van der Waals surface area contributed by atoms with E-state index in [1.165, 1.54) is 6.07 Å². The molecule has 1 atom stereocenters. The topological polar surface area (TPSA) is 42.2 Å². The molecule has 1 aromatic rings. The summed E-state index contributed by atoms with van der Waals surface area (Å²) in [4.78, 5) is 0. The average Bonchev–Trinajstić information content (AvgIpc) is 2.38. The van der Waals surface area contributed by atoms with E-state index < -0.39 is 11.9 Å². The molecule has 0 aliphatic carbocycles. The van der Waals surface area contributed by atoms with Crippen LogP contribution in [0.4, 0.5) is 4.39 Å². The van der Waals surface area contributed by atoms with E-state index in [0.717, 1.165) is 15.6 Å². The van der Waals surface area contributed by atoms with Gasteiger partial charge in [-0.05, 0) is 12.8 Å². The lowest BCUT2D eigenvalue weighted by Crippen LogP contribution is -2.14. The van der Waals surface area contributed by atoms with Gasteiger partial charge in [0.05, 0.1) is 20.8 Å². The summed E-state index contributed by atoms with van der Waals surface area (Å²) in [7, 11) is 0.991. The predicted octanol–water partition coefficient (Wildman–Crippen LogP) is 4.38. The van der Waals surface area contributed by atoms with Crippen LogP contribution >= 0.6 is 42.0 Å². The van der Waals surface area contributed by atoms with Crippen molar-refractivity contribution in [3.8, 4) is 11.8 Å². The van der Waals surface area contributed by atoms with E-state index in [1.54, 1.807) is 0 Å². The normalized spacial score (nSPS) is 15.4. The maximum absolute atomic E-state index is 14.1. The largest absolute Gasteiger partial charge is 0.493 e. The van der Waals surface area contributed by atoms with Gasteiger partial charge < -0.3 is 4.74 Å². The summed E-state index contributed by atoms with van der Waals surface area (Å²) >= 11 is 7.71. The highest BCUT2D eigenvalue weighted by Crippen LogP contribution is 2.39. The van der Waals surface area contributed by atoms with Crippen LogP contribution in [0.15, 0.2) is 6.07 Å². The second-order valence-corrected chi connectivity index (χ2v) is 5.49. The van der Waals surface area contributed by atoms with Crippen molar-refractivity contribution in [2.45, 2.75) is 18.9 Å². The van der Waals surface area contributed by atoms with Gasteiger partial charge >= 0.3 is 0 Å². The van der Waals surface area contributed by atoms with Crippen LogP contribution in [0.25, 0.3) is 0 Å². The average molecular weight is 400 g/mol. The standard InChI is InChI=1S/C11H8ClFINO2S/c12-7-4-8-6(2-1-3-16-8)10(11(7)13)9(5-15)17-18-14/h4,9H,1-3H2. The van der Waals surface area contributed by atoms with E-state index in [1.807, 2.05) is 27.3 Å². The Balaban J connectivity index is 2.56. The molecular weight excluding hydrogens is 392 g/mol. The monoisotopic (exact) mass is 399 g/mol. The third kappa shape index (κ3) is 2.69. The van der Waals surface area contributed by atoms with Gasteiger partial charge in [-0.3, -0.25) is 4.18 Å². The Bertz CT molecular complexity index is 509. The van der Waals surface area contributed by atoms with Gasteiger partial charge in [-0.25, -0.2) is 4.39 Å². The Morgan fingerprint density at radius 3 is 3.11 bits per heavy atom. The van der Waals surface area contributed by atoms with Crippen LogP contribution in [0.1, 0.15) is 23.7 Å². The zero-order valence-electron chi connectivity index (χ0n) is 9.08. The fraction of sp³-hybridized carbons (Fsp3) is 0.364. The van der Waals surface area contributed by atoms with Gasteiger partial charge in [0.15, 0.2) is 6.10 Å². The Morgan fingerprint density at radius 2 is 2.44 bits per heavy atom. The summed E-state index contributed by atoms with van der Waals surface area (Å²) in [6.07, 6.45) is 0.462. The molecule has 1 aliphatic rings. The number of hydrogen-bond donors (Lipinski definition) is 0. The van der Waals surface area contributed by atoms with Crippen LogP contribution in [0.3, 0.4) is 0 Å². The van der Waals surface area contributed by atoms with E-state index in [0.29, 0.717) is 24.3 Å². The summed E-state index contributed by atoms with van der Waals surface area (Å²) in [6.45, 7) is 0.577. The first-order valence-electron chi connectivity index (χ1n) is 5.16. The van der Waals surface area contributed by atoms with Crippen molar-refractivity contribution >= 4 is 42.0 Å². The van der Waals surface area contributed by atoms with Crippen molar-refractivity contribution in [1.29, 1.82) is 5.26 Å². The molecule has 0 saturated heterocycles. The van der Waals surface area contributed by atoms with Crippen molar-refractivity contribution in [3.05, 3.63) is 28.0 Å². The molecule has 3 nitrogen and oxygen atoms in total. The van der Waals surface area contributed by atoms with Crippen molar-refractivity contribution in [2.24, 2.45) is 0 Å². The van der Waals surface area contributed by atoms with E-state index in [-0.39, 0.29) is 10.6 Å². The number of rotatable bonds is 3. The molecule has 0 radical (unpaired) electrons. The molecule has 0 bridgehead atoms. The highest BCUT2D eigenvalue weighted by Gasteiger charge is 2.27. The molecule has 1 unspecified atom stereocenters. The van der Waals surface area contributed by atoms with Gasteiger partial charge in [-0.2, -0.15) is 5.26 Å². The second kappa shape index (κ2) is 6.28. The first-order chi connectivity index (χ1) is 8.69. The zero-order valence-corrected chi connectivity index (χ0v) is 12.8. The Morgan fingerprint density at radius 1 is 1.67 bits per heavy atom. The fourth-order valence-corrected chi connectivity index (χ4v) is 2.96. The van der Waals surface area contributed by atoms with Crippen LogP contribution in [0.2, 0.25) is 5.02 Å². The molecule has 1 aromatic carbocycles. The fourth-order valence-electron chi connectivity index (χ4n) is 1.92. The van der Waals surface area contributed by atoms with Crippen LogP contribution in [0.5, 0.6) is 5.75 Å². The third-order valence-electron chi connectivity index (χ3n) is 2.67. The quantitative estimate of drug-likeness (QED) is 0.559. The number of ether oxygens (including phenoxy) is 1. The molecule has 0 amide bonds. The molecule has 96 valence electrons. The summed E-state index contributed by atoms with van der Waals surface area (Å²) < 4.78 is 24.7. The first kappa shape index (κ1) is 14.2. The van der Waals surface area contributed by atoms with Gasteiger partial charge in [0.25, 0.3) is 0 Å². The number of halogens is 3. The van der Waals surface area contributed by atoms with Crippen molar-refractivity contribution in [1.82, 2.24) is 0 Å². The van der Waals surface area contributed by atoms with Crippen molar-refractivity contribution in [2.75, 3.05) is 6.61 Å². The SMILES string of the molecule is N#CC(OSI)c1c(F)c(Cl)cc2c1CCCO2. The van der Waals surface area contributed by atoms with Crippen LogP contribution in [-0.2, 0) is 10.6 Å². The highest BCUT2D eigenvalue weighted by molar-refractivity contribution is 14.2. The van der Waals surface area contributed by atoms with Crippen LogP contribution < -0.4 is 4.74 Å². The van der Waals surface area contributed by atoms with Gasteiger partial charge in [0.1, 0.15) is 17.6 Å². The van der Waals surface area contributed by atoms with Crippen molar-refractivity contribution in [3.63, 3.8) is 0 Å². The van der Waals surface area contributed by atoms with E-state index >= 15 is 0 Å². The molecule has 1 aliphatic heterocycles. The lowest BCUT2D eigenvalue weighted by molar-refractivity contribution is 0.274. The molecule has 0 spiro atoms. The maximum Gasteiger partial charge on any atom is 0.187 e. The van der Waals surface area contributed by atoms with Crippen LogP contribution in [-0.4, -0.2) is 6.61 Å². The first-order valence-corrected chi connectivity index (χ1v) is 8.82. The van der Waals surface area contributed by atoms with E-state index in [9.17, 15) is 4.39 Å². The van der Waals surface area contributed by atoms with Gasteiger partial charge in [0, 0.05) is 38.4 Å². The van der Waals surface area contributed by atoms with Gasteiger partial charge in [-0.1, -0.05) is 11.6 Å². The molecule has 1 heterocycles. The lowest BCUT2D eigenvalue weighted by atomic mass is 9.96. The Labute approximate surface area is 125 Å². The third-order valence-corrected chi connectivity index (χ3v) is 3.83. The van der Waals surface area contributed by atoms with Gasteiger partial charge in [-0.15, -0.1) is 0 Å². The smallest absolute Gasteiger partial charge is 0.187 e. The molecule has 0 aromatic heterocycles. The zero-order chi connectivity index (χ0) is 13.1.